The number of aromatic nitrogens is 3. The number of nitrogens with zero attached hydrogens (tertiary/aromatic N) is 3. The van der Waals surface area contributed by atoms with E-state index in [1.807, 2.05) is 32.0 Å². The van der Waals surface area contributed by atoms with Crippen molar-refractivity contribution in [2.24, 2.45) is 0 Å². The molecular weight excluding hydrogens is 200 g/mol. The highest BCUT2D eigenvalue weighted by Crippen LogP contribution is 2.13. The average molecular weight is 214 g/mol. The molecule has 0 aliphatic heterocycles. The summed E-state index contributed by atoms with van der Waals surface area (Å²) in [6.45, 7) is 4.00. The van der Waals surface area contributed by atoms with Crippen molar-refractivity contribution in [3.63, 3.8) is 0 Å². The van der Waals surface area contributed by atoms with Gasteiger partial charge in [-0.15, -0.1) is 0 Å². The zero-order chi connectivity index (χ0) is 11.4. The van der Waals surface area contributed by atoms with Crippen molar-refractivity contribution in [3.05, 3.63) is 48.0 Å². The average Bonchev–Trinajstić information content (AvgIpc) is 2.33. The lowest BCUT2D eigenvalue weighted by molar-refractivity contribution is 0.821. The summed E-state index contributed by atoms with van der Waals surface area (Å²) in [6.07, 6.45) is 5.37. The molecule has 0 saturated carbocycles. The lowest BCUT2D eigenvalue weighted by Crippen LogP contribution is -2.10. The summed E-state index contributed by atoms with van der Waals surface area (Å²) in [5, 5.41) is 3.20. The number of nitrogens with one attached hydrogen (secondary N) is 1. The van der Waals surface area contributed by atoms with Crippen LogP contribution < -0.4 is 5.32 Å². The maximum Gasteiger partial charge on any atom is 0.223 e. The molecule has 0 spiro atoms. The standard InChI is InChI=1S/C12H14N4/c1-9-7-14-12(15-8-9)16-10(2)11-5-3-4-6-13-11/h3-8,10H,1-2H3,(H,14,15,16). The smallest absolute Gasteiger partial charge is 0.223 e. The first-order chi connectivity index (χ1) is 7.75. The van der Waals surface area contributed by atoms with E-state index >= 15 is 0 Å². The molecular formula is C12H14N4. The third-order valence-electron chi connectivity index (χ3n) is 2.26. The SMILES string of the molecule is Cc1cnc(NC(C)c2ccccn2)nc1. The molecule has 1 N–H and O–H groups in total. The van der Waals surface area contributed by atoms with E-state index in [9.17, 15) is 0 Å². The largest absolute Gasteiger partial charge is 0.346 e. The van der Waals surface area contributed by atoms with Gasteiger partial charge in [0, 0.05) is 18.6 Å². The number of pyridine rings is 1. The first-order valence-corrected chi connectivity index (χ1v) is 5.22. The summed E-state index contributed by atoms with van der Waals surface area (Å²) < 4.78 is 0. The van der Waals surface area contributed by atoms with E-state index in [-0.39, 0.29) is 6.04 Å². The van der Waals surface area contributed by atoms with Crippen molar-refractivity contribution >= 4 is 5.95 Å². The highest BCUT2D eigenvalue weighted by Gasteiger charge is 2.06. The summed E-state index contributed by atoms with van der Waals surface area (Å²) in [7, 11) is 0. The molecule has 0 aromatic carbocycles. The van der Waals surface area contributed by atoms with Gasteiger partial charge < -0.3 is 5.32 Å². The normalized spacial score (nSPS) is 12.1. The van der Waals surface area contributed by atoms with Crippen LogP contribution in [0.25, 0.3) is 0 Å². The fraction of sp³-hybridized carbons (Fsp3) is 0.250. The fourth-order valence-electron chi connectivity index (χ4n) is 1.37. The molecule has 0 aliphatic rings. The van der Waals surface area contributed by atoms with E-state index in [0.29, 0.717) is 5.95 Å². The molecule has 0 saturated heterocycles. The quantitative estimate of drug-likeness (QED) is 0.852. The zero-order valence-corrected chi connectivity index (χ0v) is 9.38. The van der Waals surface area contributed by atoms with Gasteiger partial charge in [0.15, 0.2) is 0 Å². The van der Waals surface area contributed by atoms with E-state index < -0.39 is 0 Å². The Bertz CT molecular complexity index is 438. The summed E-state index contributed by atoms with van der Waals surface area (Å²) in [5.74, 6) is 0.628. The van der Waals surface area contributed by atoms with Crippen LogP contribution in [0.15, 0.2) is 36.8 Å². The van der Waals surface area contributed by atoms with Gasteiger partial charge in [-0.25, -0.2) is 9.97 Å². The highest BCUT2D eigenvalue weighted by atomic mass is 15.1. The molecule has 0 amide bonds. The monoisotopic (exact) mass is 214 g/mol. The Morgan fingerprint density at radius 3 is 2.50 bits per heavy atom. The van der Waals surface area contributed by atoms with Gasteiger partial charge in [-0.3, -0.25) is 4.98 Å². The Balaban J connectivity index is 2.08. The predicted octanol–water partition coefficient (Wildman–Crippen LogP) is 2.35. The van der Waals surface area contributed by atoms with Gasteiger partial charge in [0.25, 0.3) is 0 Å². The number of anilines is 1. The number of hydrogen-bond donors (Lipinski definition) is 1. The molecule has 0 bridgehead atoms. The van der Waals surface area contributed by atoms with E-state index in [4.69, 9.17) is 0 Å². The van der Waals surface area contributed by atoms with Gasteiger partial charge in [-0.2, -0.15) is 0 Å². The van der Waals surface area contributed by atoms with E-state index in [1.165, 1.54) is 0 Å². The van der Waals surface area contributed by atoms with Gasteiger partial charge in [0.05, 0.1) is 11.7 Å². The van der Waals surface area contributed by atoms with Crippen molar-refractivity contribution in [2.75, 3.05) is 5.32 Å². The van der Waals surface area contributed by atoms with Crippen molar-refractivity contribution in [1.82, 2.24) is 15.0 Å². The maximum absolute atomic E-state index is 4.27. The molecule has 2 heterocycles. The third-order valence-corrected chi connectivity index (χ3v) is 2.26. The Labute approximate surface area is 94.8 Å². The van der Waals surface area contributed by atoms with Crippen LogP contribution in [0.3, 0.4) is 0 Å². The zero-order valence-electron chi connectivity index (χ0n) is 9.38. The van der Waals surface area contributed by atoms with Gasteiger partial charge >= 0.3 is 0 Å². The van der Waals surface area contributed by atoms with Gasteiger partial charge in [0.1, 0.15) is 0 Å². The number of aryl methyl sites for hydroxylation is 1. The molecule has 0 fully saturated rings. The number of hydrogen-bond acceptors (Lipinski definition) is 4. The van der Waals surface area contributed by atoms with Crippen molar-refractivity contribution < 1.29 is 0 Å². The highest BCUT2D eigenvalue weighted by molar-refractivity contribution is 5.28. The van der Waals surface area contributed by atoms with Crippen LogP contribution in [0, 0.1) is 6.92 Å². The molecule has 0 radical (unpaired) electrons. The van der Waals surface area contributed by atoms with Gasteiger partial charge in [-0.05, 0) is 31.5 Å². The summed E-state index contributed by atoms with van der Waals surface area (Å²) in [6, 6.07) is 5.95. The first-order valence-electron chi connectivity index (χ1n) is 5.22. The second kappa shape index (κ2) is 4.70. The molecule has 2 aromatic heterocycles. The lowest BCUT2D eigenvalue weighted by Gasteiger charge is -2.12. The van der Waals surface area contributed by atoms with E-state index in [0.717, 1.165) is 11.3 Å². The van der Waals surface area contributed by atoms with E-state index in [1.54, 1.807) is 18.6 Å². The fourth-order valence-corrected chi connectivity index (χ4v) is 1.37. The van der Waals surface area contributed by atoms with Crippen LogP contribution >= 0.6 is 0 Å². The number of rotatable bonds is 3. The van der Waals surface area contributed by atoms with Gasteiger partial charge in [-0.1, -0.05) is 6.07 Å². The van der Waals surface area contributed by atoms with Crippen LogP contribution in [-0.4, -0.2) is 15.0 Å². The minimum Gasteiger partial charge on any atom is -0.346 e. The minimum absolute atomic E-state index is 0.101. The van der Waals surface area contributed by atoms with Crippen LogP contribution in [-0.2, 0) is 0 Å². The predicted molar refractivity (Wildman–Crippen MR) is 63.0 cm³/mol. The minimum atomic E-state index is 0.101. The molecule has 1 atom stereocenters. The van der Waals surface area contributed by atoms with Crippen LogP contribution in [0.5, 0.6) is 0 Å². The second-order valence-electron chi connectivity index (χ2n) is 3.70. The Hall–Kier alpha value is -1.97. The molecule has 4 heteroatoms. The van der Waals surface area contributed by atoms with Crippen molar-refractivity contribution in [3.8, 4) is 0 Å². The lowest BCUT2D eigenvalue weighted by atomic mass is 10.2. The summed E-state index contributed by atoms with van der Waals surface area (Å²) >= 11 is 0. The Morgan fingerprint density at radius 2 is 1.88 bits per heavy atom. The van der Waals surface area contributed by atoms with Crippen LogP contribution in [0.1, 0.15) is 24.2 Å². The van der Waals surface area contributed by atoms with E-state index in [2.05, 4.69) is 20.3 Å². The molecule has 2 rings (SSSR count). The molecule has 16 heavy (non-hydrogen) atoms. The van der Waals surface area contributed by atoms with Crippen molar-refractivity contribution in [1.29, 1.82) is 0 Å². The molecule has 1 unspecified atom stereocenters. The topological polar surface area (TPSA) is 50.7 Å². The molecule has 2 aromatic rings. The Morgan fingerprint density at radius 1 is 1.12 bits per heavy atom. The third kappa shape index (κ3) is 2.53. The van der Waals surface area contributed by atoms with Crippen LogP contribution in [0.2, 0.25) is 0 Å². The first kappa shape index (κ1) is 10.5. The van der Waals surface area contributed by atoms with Crippen molar-refractivity contribution in [2.45, 2.75) is 19.9 Å². The second-order valence-corrected chi connectivity index (χ2v) is 3.70. The summed E-state index contributed by atoms with van der Waals surface area (Å²) in [5.41, 5.74) is 2.03. The van der Waals surface area contributed by atoms with Gasteiger partial charge in [0.2, 0.25) is 5.95 Å². The molecule has 82 valence electrons. The Kier molecular flexibility index (Phi) is 3.10. The maximum atomic E-state index is 4.27. The molecule has 0 aliphatic carbocycles. The molecule has 4 nitrogen and oxygen atoms in total. The van der Waals surface area contributed by atoms with Crippen LogP contribution in [0.4, 0.5) is 5.95 Å². The summed E-state index contributed by atoms with van der Waals surface area (Å²) in [4.78, 5) is 12.7.